The lowest BCUT2D eigenvalue weighted by molar-refractivity contribution is -0.137. The van der Waals surface area contributed by atoms with E-state index in [0.29, 0.717) is 30.8 Å². The van der Waals surface area contributed by atoms with Gasteiger partial charge in [-0.2, -0.15) is 0 Å². The number of hydrogen-bond donors (Lipinski definition) is 2. The molecule has 1 amide bonds. The Bertz CT molecular complexity index is 693. The van der Waals surface area contributed by atoms with Crippen LogP contribution in [0.15, 0.2) is 36.2 Å². The number of ether oxygens (including phenoxy) is 2. The second-order valence-electron chi connectivity index (χ2n) is 8.45. The van der Waals surface area contributed by atoms with Gasteiger partial charge in [0.15, 0.2) is 0 Å². The van der Waals surface area contributed by atoms with Crippen LogP contribution in [-0.2, 0) is 14.9 Å². The topological polar surface area (TPSA) is 73.6 Å². The van der Waals surface area contributed by atoms with Crippen molar-refractivity contribution in [3.05, 3.63) is 41.7 Å². The third kappa shape index (κ3) is 4.81. The molecule has 2 bridgehead atoms. The summed E-state index contributed by atoms with van der Waals surface area (Å²) in [6, 6.07) is 8.16. The second kappa shape index (κ2) is 9.72. The fourth-order valence-corrected chi connectivity index (χ4v) is 4.78. The van der Waals surface area contributed by atoms with Crippen molar-refractivity contribution >= 4 is 5.91 Å². The molecule has 0 saturated heterocycles. The Labute approximate surface area is 172 Å². The van der Waals surface area contributed by atoms with Crippen molar-refractivity contribution in [1.29, 1.82) is 0 Å². The van der Waals surface area contributed by atoms with E-state index in [4.69, 9.17) is 15.2 Å². The van der Waals surface area contributed by atoms with Gasteiger partial charge in [0, 0.05) is 37.8 Å². The van der Waals surface area contributed by atoms with Gasteiger partial charge in [-0.25, -0.2) is 4.39 Å². The Morgan fingerprint density at radius 1 is 1.17 bits per heavy atom. The molecule has 160 valence electrons. The first kappa shape index (κ1) is 21.8. The average molecular weight is 405 g/mol. The van der Waals surface area contributed by atoms with E-state index in [1.165, 1.54) is 5.56 Å². The summed E-state index contributed by atoms with van der Waals surface area (Å²) in [5.41, 5.74) is 7.19. The van der Waals surface area contributed by atoms with Crippen molar-refractivity contribution in [2.24, 2.45) is 11.1 Å². The normalized spacial score (nSPS) is 26.4. The first-order valence-electron chi connectivity index (χ1n) is 10.6. The van der Waals surface area contributed by atoms with E-state index >= 15 is 0 Å². The molecule has 5 nitrogen and oxygen atoms in total. The fourth-order valence-electron chi connectivity index (χ4n) is 4.78. The monoisotopic (exact) mass is 404 g/mol. The summed E-state index contributed by atoms with van der Waals surface area (Å²) in [6.07, 6.45) is 7.33. The third-order valence-electron chi connectivity index (χ3n) is 6.85. The van der Waals surface area contributed by atoms with E-state index in [9.17, 15) is 9.18 Å². The Morgan fingerprint density at radius 2 is 1.83 bits per heavy atom. The molecule has 0 spiro atoms. The number of fused-ring (bicyclic) bond motifs is 3. The maximum atomic E-state index is 12.8. The Kier molecular flexibility index (Phi) is 7.30. The minimum Gasteiger partial charge on any atom is -0.489 e. The van der Waals surface area contributed by atoms with Crippen molar-refractivity contribution in [2.45, 2.75) is 50.4 Å². The number of hydrogen-bond acceptors (Lipinski definition) is 4. The molecule has 4 rings (SSSR count). The summed E-state index contributed by atoms with van der Waals surface area (Å²) in [7, 11) is 1.68. The minimum atomic E-state index is -0.185. The first-order valence-corrected chi connectivity index (χ1v) is 10.6. The molecule has 3 aliphatic rings. The summed E-state index contributed by atoms with van der Waals surface area (Å²) in [5, 5.41) is 3.12. The van der Waals surface area contributed by atoms with Gasteiger partial charge < -0.3 is 20.5 Å². The number of rotatable bonds is 10. The number of carbonyl (C=O) groups excluding carboxylic acids is 1. The lowest BCUT2D eigenvalue weighted by Crippen LogP contribution is -2.51. The summed E-state index contributed by atoms with van der Waals surface area (Å²) in [4.78, 5) is 12.8. The molecule has 0 aromatic heterocycles. The highest BCUT2D eigenvalue weighted by molar-refractivity contribution is 5.83. The highest BCUT2D eigenvalue weighted by atomic mass is 19.1. The first-order chi connectivity index (χ1) is 14.1. The van der Waals surface area contributed by atoms with Crippen LogP contribution < -0.4 is 15.8 Å². The van der Waals surface area contributed by atoms with Crippen molar-refractivity contribution in [3.63, 3.8) is 0 Å². The zero-order chi connectivity index (χ0) is 20.7. The van der Waals surface area contributed by atoms with Gasteiger partial charge in [-0.05, 0) is 68.1 Å². The van der Waals surface area contributed by atoms with Crippen LogP contribution in [0.1, 0.15) is 50.5 Å². The molecule has 3 fully saturated rings. The quantitative estimate of drug-likeness (QED) is 0.584. The fraction of sp³-hybridized carbons (Fsp3) is 0.609. The van der Waals surface area contributed by atoms with Gasteiger partial charge in [0.25, 0.3) is 0 Å². The van der Waals surface area contributed by atoms with E-state index in [2.05, 4.69) is 17.4 Å². The molecule has 0 unspecified atom stereocenters. The summed E-state index contributed by atoms with van der Waals surface area (Å²) in [5.74, 6) is 0.941. The molecule has 1 aromatic rings. The average Bonchev–Trinajstić information content (AvgIpc) is 2.79. The smallest absolute Gasteiger partial charge is 0.226 e. The molecular formula is C23H33FN2O3. The lowest BCUT2D eigenvalue weighted by Gasteiger charge is -2.52. The van der Waals surface area contributed by atoms with Crippen LogP contribution in [0.3, 0.4) is 0 Å². The maximum Gasteiger partial charge on any atom is 0.226 e. The minimum absolute atomic E-state index is 0.152. The highest BCUT2D eigenvalue weighted by Crippen LogP contribution is 2.57. The third-order valence-corrected chi connectivity index (χ3v) is 6.85. The number of nitrogens with one attached hydrogen (secondary N) is 1. The molecule has 0 aliphatic heterocycles. The predicted octanol–water partition coefficient (Wildman–Crippen LogP) is 3.62. The van der Waals surface area contributed by atoms with Crippen LogP contribution in [0.4, 0.5) is 4.39 Å². The van der Waals surface area contributed by atoms with Gasteiger partial charge in [-0.1, -0.05) is 12.1 Å². The molecule has 3 aliphatic carbocycles. The van der Waals surface area contributed by atoms with Gasteiger partial charge in [0.1, 0.15) is 12.4 Å². The highest BCUT2D eigenvalue weighted by Gasteiger charge is 2.52. The van der Waals surface area contributed by atoms with Gasteiger partial charge in [-0.3, -0.25) is 4.79 Å². The summed E-state index contributed by atoms with van der Waals surface area (Å²) < 4.78 is 23.3. The molecule has 1 aromatic carbocycles. The number of benzene rings is 1. The molecular weight excluding hydrogens is 371 g/mol. The summed E-state index contributed by atoms with van der Waals surface area (Å²) in [6.45, 7) is 1.68. The van der Waals surface area contributed by atoms with Crippen LogP contribution in [0.5, 0.6) is 5.75 Å². The second-order valence-corrected chi connectivity index (χ2v) is 8.45. The lowest BCUT2D eigenvalue weighted by atomic mass is 9.51. The molecule has 3 N–H and O–H groups in total. The number of amides is 1. The Hall–Kier alpha value is -1.92. The zero-order valence-electron chi connectivity index (χ0n) is 17.3. The molecule has 3 saturated carbocycles. The SMILES string of the molecule is COCCCNC(=O)C12CCC(c3ccc(OCC(=CF)CN)cc3)(CC1)CC2. The Balaban J connectivity index is 1.57. The number of halogens is 1. The van der Waals surface area contributed by atoms with E-state index < -0.39 is 0 Å². The van der Waals surface area contributed by atoms with E-state index in [-0.39, 0.29) is 29.9 Å². The van der Waals surface area contributed by atoms with Gasteiger partial charge >= 0.3 is 0 Å². The van der Waals surface area contributed by atoms with Gasteiger partial charge in [0.05, 0.1) is 6.33 Å². The molecule has 0 heterocycles. The maximum absolute atomic E-state index is 12.8. The predicted molar refractivity (Wildman–Crippen MR) is 111 cm³/mol. The summed E-state index contributed by atoms with van der Waals surface area (Å²) >= 11 is 0. The van der Waals surface area contributed by atoms with Crippen LogP contribution in [-0.4, -0.2) is 39.3 Å². The van der Waals surface area contributed by atoms with Crippen LogP contribution in [0.2, 0.25) is 0 Å². The number of carbonyl (C=O) groups is 1. The molecule has 0 atom stereocenters. The standard InChI is InChI=1S/C23H33FN2O3/c1-28-14-2-13-26-21(27)23-10-7-22(8-11-23,9-12-23)19-3-5-20(6-4-19)29-17-18(15-24)16-25/h3-6,15H,2,7-14,16-17,25H2,1H3,(H,26,27). The van der Waals surface area contributed by atoms with Crippen LogP contribution in [0, 0.1) is 5.41 Å². The number of methoxy groups -OCH3 is 1. The van der Waals surface area contributed by atoms with Gasteiger partial charge in [-0.15, -0.1) is 0 Å². The van der Waals surface area contributed by atoms with E-state index in [1.807, 2.05) is 12.1 Å². The van der Waals surface area contributed by atoms with E-state index in [1.54, 1.807) is 7.11 Å². The van der Waals surface area contributed by atoms with Crippen molar-refractivity contribution in [2.75, 3.05) is 33.4 Å². The number of nitrogens with two attached hydrogens (primary N) is 1. The largest absolute Gasteiger partial charge is 0.489 e. The molecule has 6 heteroatoms. The zero-order valence-corrected chi connectivity index (χ0v) is 17.3. The molecule has 29 heavy (non-hydrogen) atoms. The van der Waals surface area contributed by atoms with Crippen molar-refractivity contribution < 1.29 is 18.7 Å². The van der Waals surface area contributed by atoms with Crippen molar-refractivity contribution in [3.8, 4) is 5.75 Å². The van der Waals surface area contributed by atoms with Crippen molar-refractivity contribution in [1.82, 2.24) is 5.32 Å². The van der Waals surface area contributed by atoms with E-state index in [0.717, 1.165) is 44.9 Å². The van der Waals surface area contributed by atoms with Gasteiger partial charge in [0.2, 0.25) is 5.91 Å². The Morgan fingerprint density at radius 3 is 2.38 bits per heavy atom. The molecule has 0 radical (unpaired) electrons. The van der Waals surface area contributed by atoms with Crippen LogP contribution >= 0.6 is 0 Å². The van der Waals surface area contributed by atoms with Crippen LogP contribution in [0.25, 0.3) is 0 Å².